The van der Waals surface area contributed by atoms with Crippen LogP contribution in [-0.4, -0.2) is 48.8 Å². The van der Waals surface area contributed by atoms with E-state index in [1.165, 1.54) is 6.33 Å². The van der Waals surface area contributed by atoms with Gasteiger partial charge in [0.1, 0.15) is 22.9 Å². The Labute approximate surface area is 136 Å². The fourth-order valence-corrected chi connectivity index (χ4v) is 2.18. The molecule has 1 aromatic heterocycles. The van der Waals surface area contributed by atoms with Crippen LogP contribution < -0.4 is 16.0 Å². The second-order valence-corrected chi connectivity index (χ2v) is 6.47. The maximum Gasteiger partial charge on any atom is 0.407 e. The molecule has 1 amide bonds. The van der Waals surface area contributed by atoms with Crippen LogP contribution in [-0.2, 0) is 4.74 Å². The summed E-state index contributed by atoms with van der Waals surface area (Å²) in [5.41, 5.74) is 6.00. The summed E-state index contributed by atoms with van der Waals surface area (Å²) in [6.45, 7) is 6.00. The Morgan fingerprint density at radius 3 is 2.59 bits per heavy atom. The minimum Gasteiger partial charge on any atom is -0.444 e. The number of amides is 1. The van der Waals surface area contributed by atoms with E-state index in [-0.39, 0.29) is 5.92 Å². The summed E-state index contributed by atoms with van der Waals surface area (Å²) in [7, 11) is 3.72. The number of nitrogens with two attached hydrogens (primary N) is 1. The van der Waals surface area contributed by atoms with Gasteiger partial charge in [-0.25, -0.2) is 14.8 Å². The molecule has 0 aromatic carbocycles. The molecule has 1 rings (SSSR count). The molecule has 0 radical (unpaired) electrons. The molecule has 1 aromatic rings. The smallest absolute Gasteiger partial charge is 0.407 e. The van der Waals surface area contributed by atoms with E-state index in [0.29, 0.717) is 29.6 Å². The van der Waals surface area contributed by atoms with Crippen LogP contribution in [0.5, 0.6) is 0 Å². The van der Waals surface area contributed by atoms with E-state index in [0.717, 1.165) is 0 Å². The summed E-state index contributed by atoms with van der Waals surface area (Å²) in [6, 6.07) is 0. The van der Waals surface area contributed by atoms with Gasteiger partial charge in [-0.05, 0) is 20.8 Å². The number of hydrogen-bond acceptors (Lipinski definition) is 6. The zero-order valence-corrected chi connectivity index (χ0v) is 14.4. The molecule has 0 aliphatic rings. The fraction of sp³-hybridized carbons (Fsp3) is 0.643. The number of anilines is 1. The van der Waals surface area contributed by atoms with Gasteiger partial charge in [-0.1, -0.05) is 11.6 Å². The standard InChI is InChI=1S/C14H24ClN5O2/c1-14(2,3)22-13(21)17-7-9(6-16)10-11(15)18-8-19-12(10)20(4)5/h8-9H,6-7,16H2,1-5H3,(H,17,21). The maximum atomic E-state index is 11.8. The number of alkyl carbamates (subject to hydrolysis) is 1. The second kappa shape index (κ2) is 7.60. The summed E-state index contributed by atoms with van der Waals surface area (Å²) in [5.74, 6) is 0.472. The Morgan fingerprint density at radius 2 is 2.09 bits per heavy atom. The summed E-state index contributed by atoms with van der Waals surface area (Å²) in [6.07, 6.45) is 0.904. The Balaban J connectivity index is 2.87. The molecule has 0 saturated heterocycles. The lowest BCUT2D eigenvalue weighted by Crippen LogP contribution is -2.36. The zero-order chi connectivity index (χ0) is 16.9. The normalized spacial score (nSPS) is 12.7. The Bertz CT molecular complexity index is 516. The average Bonchev–Trinajstić information content (AvgIpc) is 2.38. The summed E-state index contributed by atoms with van der Waals surface area (Å²) < 4.78 is 5.21. The molecule has 0 aliphatic heterocycles. The van der Waals surface area contributed by atoms with Crippen molar-refractivity contribution in [3.63, 3.8) is 0 Å². The van der Waals surface area contributed by atoms with E-state index in [1.54, 1.807) is 20.8 Å². The van der Waals surface area contributed by atoms with Crippen molar-refractivity contribution >= 4 is 23.5 Å². The molecular weight excluding hydrogens is 306 g/mol. The zero-order valence-electron chi connectivity index (χ0n) is 13.7. The highest BCUT2D eigenvalue weighted by Gasteiger charge is 2.23. The highest BCUT2D eigenvalue weighted by molar-refractivity contribution is 6.30. The molecule has 3 N–H and O–H groups in total. The van der Waals surface area contributed by atoms with Crippen molar-refractivity contribution in [3.05, 3.63) is 17.0 Å². The quantitative estimate of drug-likeness (QED) is 0.799. The Hall–Kier alpha value is -1.60. The lowest BCUT2D eigenvalue weighted by molar-refractivity contribution is 0.0525. The number of halogens is 1. The van der Waals surface area contributed by atoms with Gasteiger partial charge < -0.3 is 20.7 Å². The molecule has 0 saturated carbocycles. The summed E-state index contributed by atoms with van der Waals surface area (Å²) in [4.78, 5) is 21.8. The Kier molecular flexibility index (Phi) is 6.37. The van der Waals surface area contributed by atoms with Gasteiger partial charge in [0.05, 0.1) is 0 Å². The van der Waals surface area contributed by atoms with E-state index in [2.05, 4.69) is 15.3 Å². The third kappa shape index (κ3) is 5.31. The maximum absolute atomic E-state index is 11.8. The van der Waals surface area contributed by atoms with Crippen molar-refractivity contribution < 1.29 is 9.53 Å². The van der Waals surface area contributed by atoms with Crippen molar-refractivity contribution in [1.82, 2.24) is 15.3 Å². The summed E-state index contributed by atoms with van der Waals surface area (Å²) in [5, 5.41) is 3.04. The van der Waals surface area contributed by atoms with Crippen LogP contribution >= 0.6 is 11.6 Å². The van der Waals surface area contributed by atoms with Crippen molar-refractivity contribution in [2.24, 2.45) is 5.73 Å². The molecule has 124 valence electrons. The number of aromatic nitrogens is 2. The van der Waals surface area contributed by atoms with E-state index in [9.17, 15) is 4.79 Å². The molecular formula is C14H24ClN5O2. The number of carbonyl (C=O) groups excluding carboxylic acids is 1. The van der Waals surface area contributed by atoms with Gasteiger partial charge in [-0.15, -0.1) is 0 Å². The number of rotatable bonds is 5. The van der Waals surface area contributed by atoms with Gasteiger partial charge in [0.15, 0.2) is 0 Å². The Morgan fingerprint density at radius 1 is 1.45 bits per heavy atom. The number of carbonyl (C=O) groups is 1. The van der Waals surface area contributed by atoms with Gasteiger partial charge in [-0.2, -0.15) is 0 Å². The first-order chi connectivity index (χ1) is 10.2. The van der Waals surface area contributed by atoms with Crippen molar-refractivity contribution in [3.8, 4) is 0 Å². The largest absolute Gasteiger partial charge is 0.444 e. The molecule has 1 unspecified atom stereocenters. The number of hydrogen-bond donors (Lipinski definition) is 2. The SMILES string of the molecule is CN(C)c1ncnc(Cl)c1C(CN)CNC(=O)OC(C)(C)C. The monoisotopic (exact) mass is 329 g/mol. The summed E-state index contributed by atoms with van der Waals surface area (Å²) >= 11 is 6.19. The molecule has 0 aliphatic carbocycles. The third-order valence-electron chi connectivity index (χ3n) is 2.82. The van der Waals surface area contributed by atoms with Crippen LogP contribution in [0.25, 0.3) is 0 Å². The number of ether oxygens (including phenoxy) is 1. The van der Waals surface area contributed by atoms with E-state index < -0.39 is 11.7 Å². The molecule has 8 heteroatoms. The third-order valence-corrected chi connectivity index (χ3v) is 3.12. The topological polar surface area (TPSA) is 93.4 Å². The van der Waals surface area contributed by atoms with Gasteiger partial charge in [0.25, 0.3) is 0 Å². The second-order valence-electron chi connectivity index (χ2n) is 6.11. The highest BCUT2D eigenvalue weighted by Crippen LogP contribution is 2.29. The highest BCUT2D eigenvalue weighted by atomic mass is 35.5. The predicted octanol–water partition coefficient (Wildman–Crippen LogP) is 1.76. The van der Waals surface area contributed by atoms with Crippen LogP contribution in [0.4, 0.5) is 10.6 Å². The molecule has 0 bridgehead atoms. The van der Waals surface area contributed by atoms with Crippen LogP contribution in [0.2, 0.25) is 5.15 Å². The van der Waals surface area contributed by atoms with Gasteiger partial charge in [0, 0.05) is 38.7 Å². The van der Waals surface area contributed by atoms with Crippen molar-refractivity contribution in [2.75, 3.05) is 32.1 Å². The lowest BCUT2D eigenvalue weighted by atomic mass is 10.0. The molecule has 0 fully saturated rings. The minimum atomic E-state index is -0.551. The molecule has 22 heavy (non-hydrogen) atoms. The first-order valence-electron chi connectivity index (χ1n) is 7.00. The van der Waals surface area contributed by atoms with Crippen LogP contribution in [0.15, 0.2) is 6.33 Å². The van der Waals surface area contributed by atoms with Crippen molar-refractivity contribution in [2.45, 2.75) is 32.3 Å². The number of nitrogens with zero attached hydrogens (tertiary/aromatic N) is 3. The first kappa shape index (κ1) is 18.4. The van der Waals surface area contributed by atoms with E-state index in [1.807, 2.05) is 19.0 Å². The van der Waals surface area contributed by atoms with E-state index >= 15 is 0 Å². The predicted molar refractivity (Wildman–Crippen MR) is 87.4 cm³/mol. The van der Waals surface area contributed by atoms with Gasteiger partial charge in [-0.3, -0.25) is 0 Å². The van der Waals surface area contributed by atoms with Crippen molar-refractivity contribution in [1.29, 1.82) is 0 Å². The van der Waals surface area contributed by atoms with Crippen LogP contribution in [0, 0.1) is 0 Å². The molecule has 1 atom stereocenters. The lowest BCUT2D eigenvalue weighted by Gasteiger charge is -2.24. The van der Waals surface area contributed by atoms with Crippen LogP contribution in [0.3, 0.4) is 0 Å². The van der Waals surface area contributed by atoms with Crippen LogP contribution in [0.1, 0.15) is 32.3 Å². The van der Waals surface area contributed by atoms with E-state index in [4.69, 9.17) is 22.1 Å². The molecule has 0 spiro atoms. The molecule has 1 heterocycles. The minimum absolute atomic E-state index is 0.210. The van der Waals surface area contributed by atoms with Gasteiger partial charge >= 0.3 is 6.09 Å². The van der Waals surface area contributed by atoms with Gasteiger partial charge in [0.2, 0.25) is 0 Å². The fourth-order valence-electron chi connectivity index (χ4n) is 1.90. The average molecular weight is 330 g/mol. The molecule has 7 nitrogen and oxygen atoms in total. The number of nitrogens with one attached hydrogen (secondary N) is 1. The first-order valence-corrected chi connectivity index (χ1v) is 7.38.